The smallest absolute Gasteiger partial charge is 0.253 e. The molecule has 0 spiro atoms. The molecule has 2 fully saturated rings. The minimum atomic E-state index is 0.164. The first-order valence-corrected chi connectivity index (χ1v) is 10.4. The van der Waals surface area contributed by atoms with Gasteiger partial charge in [0, 0.05) is 38.3 Å². The summed E-state index contributed by atoms with van der Waals surface area (Å²) in [6.07, 6.45) is 4.69. The number of piperidine rings is 1. The van der Waals surface area contributed by atoms with Crippen LogP contribution in [0.3, 0.4) is 0 Å². The second-order valence-corrected chi connectivity index (χ2v) is 8.56. The van der Waals surface area contributed by atoms with Gasteiger partial charge in [0.1, 0.15) is 0 Å². The highest BCUT2D eigenvalue weighted by molar-refractivity contribution is 5.94. The maximum Gasteiger partial charge on any atom is 0.253 e. The van der Waals surface area contributed by atoms with Gasteiger partial charge in [-0.05, 0) is 55.7 Å². The van der Waals surface area contributed by atoms with Crippen molar-refractivity contribution in [3.05, 3.63) is 35.4 Å². The third-order valence-electron chi connectivity index (χ3n) is 5.57. The second-order valence-electron chi connectivity index (χ2n) is 8.56. The number of carbonyl (C=O) groups is 1. The average molecular weight is 371 g/mol. The molecule has 148 valence electrons. The normalized spacial score (nSPS) is 20.0. The van der Waals surface area contributed by atoms with Crippen molar-refractivity contribution in [2.75, 3.05) is 32.7 Å². The molecule has 2 heterocycles. The predicted octanol–water partition coefficient (Wildman–Crippen LogP) is 3.51. The number of likely N-dealkylation sites (tertiary alicyclic amines) is 2. The van der Waals surface area contributed by atoms with Crippen molar-refractivity contribution in [3.63, 3.8) is 0 Å². The molecule has 5 heteroatoms. The predicted molar refractivity (Wildman–Crippen MR) is 111 cm³/mol. The highest BCUT2D eigenvalue weighted by atomic mass is 16.2. The molecule has 0 radical (unpaired) electrons. The zero-order valence-electron chi connectivity index (χ0n) is 17.1. The van der Waals surface area contributed by atoms with Crippen LogP contribution in [0, 0.1) is 5.41 Å². The molecular weight excluding hydrogens is 336 g/mol. The number of carbonyl (C=O) groups excluding carboxylic acids is 1. The number of rotatable bonds is 4. The van der Waals surface area contributed by atoms with Crippen LogP contribution in [0.1, 0.15) is 62.4 Å². The number of amides is 1. The second kappa shape index (κ2) is 8.77. The van der Waals surface area contributed by atoms with Gasteiger partial charge in [0.15, 0.2) is 5.96 Å². The summed E-state index contributed by atoms with van der Waals surface area (Å²) in [5.74, 6) is 1.16. The number of hydrogen-bond donors (Lipinski definition) is 1. The van der Waals surface area contributed by atoms with E-state index in [1.54, 1.807) is 0 Å². The summed E-state index contributed by atoms with van der Waals surface area (Å²) in [7, 11) is 0. The molecule has 1 N–H and O–H groups in total. The van der Waals surface area contributed by atoms with Gasteiger partial charge >= 0.3 is 0 Å². The molecule has 0 saturated carbocycles. The van der Waals surface area contributed by atoms with Crippen molar-refractivity contribution in [2.45, 2.75) is 53.0 Å². The van der Waals surface area contributed by atoms with Crippen LogP contribution in [0.15, 0.2) is 29.3 Å². The molecule has 0 aliphatic carbocycles. The van der Waals surface area contributed by atoms with E-state index in [9.17, 15) is 4.79 Å². The number of nitrogens with zero attached hydrogens (tertiary/aromatic N) is 3. The molecule has 2 saturated heterocycles. The summed E-state index contributed by atoms with van der Waals surface area (Å²) >= 11 is 0. The number of aliphatic imine (C=N–C) groups is 1. The largest absolute Gasteiger partial charge is 0.357 e. The first-order chi connectivity index (χ1) is 13.0. The lowest BCUT2D eigenvalue weighted by molar-refractivity contribution is 0.0724. The Morgan fingerprint density at radius 3 is 2.37 bits per heavy atom. The molecule has 27 heavy (non-hydrogen) atoms. The van der Waals surface area contributed by atoms with Gasteiger partial charge in [0.05, 0.1) is 6.54 Å². The summed E-state index contributed by atoms with van der Waals surface area (Å²) in [5, 5.41) is 3.42. The van der Waals surface area contributed by atoms with Gasteiger partial charge in [-0.2, -0.15) is 0 Å². The highest BCUT2D eigenvalue weighted by Crippen LogP contribution is 2.28. The first kappa shape index (κ1) is 19.7. The Labute approximate surface area is 163 Å². The Kier molecular flexibility index (Phi) is 6.40. The number of guanidine groups is 1. The Balaban J connectivity index is 1.62. The highest BCUT2D eigenvalue weighted by Gasteiger charge is 2.30. The van der Waals surface area contributed by atoms with Crippen LogP contribution < -0.4 is 5.32 Å². The molecular formula is C22H34N4O. The third kappa shape index (κ3) is 5.24. The molecule has 5 nitrogen and oxygen atoms in total. The lowest BCUT2D eigenvalue weighted by Gasteiger charge is -2.26. The molecule has 2 aliphatic rings. The quantitative estimate of drug-likeness (QED) is 0.652. The number of nitrogens with one attached hydrogen (secondary N) is 1. The Hall–Kier alpha value is -2.04. The van der Waals surface area contributed by atoms with Crippen LogP contribution in [-0.4, -0.2) is 54.4 Å². The standard InChI is InChI=1S/C22H34N4O/c1-4-23-21(26-15-12-22(2,3)17-26)24-16-18-8-10-19(11-9-18)20(27)25-13-6-5-7-14-25/h8-11H,4-7,12-17H2,1-3H3,(H,23,24). The Bertz CT molecular complexity index is 659. The summed E-state index contributed by atoms with van der Waals surface area (Å²) in [5.41, 5.74) is 2.28. The fraction of sp³-hybridized carbons (Fsp3) is 0.636. The van der Waals surface area contributed by atoms with Crippen molar-refractivity contribution in [1.82, 2.24) is 15.1 Å². The third-order valence-corrected chi connectivity index (χ3v) is 5.57. The minimum Gasteiger partial charge on any atom is -0.357 e. The van der Waals surface area contributed by atoms with Gasteiger partial charge in [-0.1, -0.05) is 26.0 Å². The lowest BCUT2D eigenvalue weighted by Crippen LogP contribution is -2.40. The van der Waals surface area contributed by atoms with Gasteiger partial charge < -0.3 is 15.1 Å². The molecule has 1 aromatic rings. The van der Waals surface area contributed by atoms with Gasteiger partial charge in [0.2, 0.25) is 0 Å². The van der Waals surface area contributed by atoms with Gasteiger partial charge in [-0.15, -0.1) is 0 Å². The van der Waals surface area contributed by atoms with Crippen molar-refractivity contribution in [1.29, 1.82) is 0 Å². The topological polar surface area (TPSA) is 47.9 Å². The summed E-state index contributed by atoms with van der Waals surface area (Å²) in [6.45, 7) is 12.1. The van der Waals surface area contributed by atoms with Crippen LogP contribution in [0.4, 0.5) is 0 Å². The zero-order chi connectivity index (χ0) is 19.3. The van der Waals surface area contributed by atoms with E-state index in [4.69, 9.17) is 4.99 Å². The molecule has 0 unspecified atom stereocenters. The van der Waals surface area contributed by atoms with E-state index in [0.29, 0.717) is 12.0 Å². The maximum absolute atomic E-state index is 12.6. The number of hydrogen-bond acceptors (Lipinski definition) is 2. The Morgan fingerprint density at radius 1 is 1.07 bits per heavy atom. The first-order valence-electron chi connectivity index (χ1n) is 10.4. The van der Waals surface area contributed by atoms with Crippen LogP contribution >= 0.6 is 0 Å². The molecule has 3 rings (SSSR count). The van der Waals surface area contributed by atoms with E-state index in [-0.39, 0.29) is 5.91 Å². The van der Waals surface area contributed by atoms with Crippen LogP contribution in [0.5, 0.6) is 0 Å². The van der Waals surface area contributed by atoms with Gasteiger partial charge in [0.25, 0.3) is 5.91 Å². The van der Waals surface area contributed by atoms with E-state index < -0.39 is 0 Å². The minimum absolute atomic E-state index is 0.164. The summed E-state index contributed by atoms with van der Waals surface area (Å²) in [4.78, 5) is 21.8. The molecule has 0 bridgehead atoms. The fourth-order valence-corrected chi connectivity index (χ4v) is 3.92. The SMILES string of the molecule is CCNC(=NCc1ccc(C(=O)N2CCCCC2)cc1)N1CCC(C)(C)C1. The summed E-state index contributed by atoms with van der Waals surface area (Å²) in [6, 6.07) is 7.98. The van der Waals surface area contributed by atoms with Crippen LogP contribution in [0.2, 0.25) is 0 Å². The van der Waals surface area contributed by atoms with Crippen LogP contribution in [-0.2, 0) is 6.54 Å². The molecule has 2 aliphatic heterocycles. The van der Waals surface area contributed by atoms with Crippen molar-refractivity contribution in [3.8, 4) is 0 Å². The maximum atomic E-state index is 12.6. The van der Waals surface area contributed by atoms with Gasteiger partial charge in [-0.3, -0.25) is 4.79 Å². The monoisotopic (exact) mass is 370 g/mol. The fourth-order valence-electron chi connectivity index (χ4n) is 3.92. The van der Waals surface area contributed by atoms with E-state index in [0.717, 1.165) is 62.7 Å². The molecule has 1 aromatic carbocycles. The molecule has 1 amide bonds. The Morgan fingerprint density at radius 2 is 1.78 bits per heavy atom. The van der Waals surface area contributed by atoms with Crippen molar-refractivity contribution < 1.29 is 4.79 Å². The summed E-state index contributed by atoms with van der Waals surface area (Å²) < 4.78 is 0. The van der Waals surface area contributed by atoms with Crippen molar-refractivity contribution >= 4 is 11.9 Å². The van der Waals surface area contributed by atoms with Crippen LogP contribution in [0.25, 0.3) is 0 Å². The van der Waals surface area contributed by atoms with Gasteiger partial charge in [-0.25, -0.2) is 4.99 Å². The zero-order valence-corrected chi connectivity index (χ0v) is 17.1. The lowest BCUT2D eigenvalue weighted by atomic mass is 9.93. The van der Waals surface area contributed by atoms with E-state index >= 15 is 0 Å². The number of benzene rings is 1. The van der Waals surface area contributed by atoms with E-state index in [1.807, 2.05) is 29.2 Å². The van der Waals surface area contributed by atoms with Crippen molar-refractivity contribution in [2.24, 2.45) is 10.4 Å². The van der Waals surface area contributed by atoms with E-state index in [1.165, 1.54) is 12.8 Å². The molecule has 0 aromatic heterocycles. The van der Waals surface area contributed by atoms with E-state index in [2.05, 4.69) is 31.0 Å². The molecule has 0 atom stereocenters. The average Bonchev–Trinajstić information content (AvgIpc) is 3.05.